The van der Waals surface area contributed by atoms with Crippen LogP contribution in [0.5, 0.6) is 5.75 Å². The third-order valence-corrected chi connectivity index (χ3v) is 6.00. The molecule has 3 aromatic carbocycles. The Hall–Kier alpha value is -2.61. The maximum atomic E-state index is 14.8. The molecule has 4 rings (SSSR count). The van der Waals surface area contributed by atoms with Crippen molar-refractivity contribution in [1.29, 1.82) is 0 Å². The maximum absolute atomic E-state index is 14.8. The van der Waals surface area contributed by atoms with E-state index >= 15 is 0 Å². The number of rotatable bonds is 5. The molecule has 0 bridgehead atoms. The second kappa shape index (κ2) is 8.60. The number of hydrogen-bond acceptors (Lipinski definition) is 1. The minimum absolute atomic E-state index is 0.0891. The summed E-state index contributed by atoms with van der Waals surface area (Å²) < 4.78 is 20.7. The predicted molar refractivity (Wildman–Crippen MR) is 112 cm³/mol. The zero-order valence-corrected chi connectivity index (χ0v) is 16.2. The Labute approximate surface area is 167 Å². The van der Waals surface area contributed by atoms with E-state index in [0.717, 1.165) is 42.6 Å². The van der Waals surface area contributed by atoms with Crippen LogP contribution in [0.25, 0.3) is 0 Å². The van der Waals surface area contributed by atoms with Crippen LogP contribution in [0.15, 0.2) is 78.9 Å². The van der Waals surface area contributed by atoms with Crippen LogP contribution < -0.4 is 4.74 Å². The van der Waals surface area contributed by atoms with E-state index < -0.39 is 0 Å². The Morgan fingerprint density at radius 1 is 0.714 bits per heavy atom. The van der Waals surface area contributed by atoms with E-state index in [1.807, 2.05) is 42.5 Å². The van der Waals surface area contributed by atoms with Crippen molar-refractivity contribution in [3.63, 3.8) is 0 Å². The molecule has 1 aliphatic carbocycles. The van der Waals surface area contributed by atoms with Gasteiger partial charge in [-0.15, -0.1) is 0 Å². The Bertz CT molecular complexity index is 878. The number of halogens is 1. The molecule has 0 aliphatic heterocycles. The molecule has 0 radical (unpaired) electrons. The molecule has 1 nitrogen and oxygen atoms in total. The van der Waals surface area contributed by atoms with E-state index in [-0.39, 0.29) is 11.2 Å². The molecule has 0 heterocycles. The Balaban J connectivity index is 1.61. The minimum atomic E-state index is -0.236. The van der Waals surface area contributed by atoms with Gasteiger partial charge in [0.1, 0.15) is 18.2 Å². The lowest BCUT2D eigenvalue weighted by atomic mass is 9.69. The van der Waals surface area contributed by atoms with Crippen LogP contribution >= 0.6 is 0 Å². The van der Waals surface area contributed by atoms with Gasteiger partial charge < -0.3 is 4.74 Å². The Kier molecular flexibility index (Phi) is 5.76. The van der Waals surface area contributed by atoms with Gasteiger partial charge in [-0.3, -0.25) is 0 Å². The summed E-state index contributed by atoms with van der Waals surface area (Å²) in [4.78, 5) is 0. The second-order valence-corrected chi connectivity index (χ2v) is 7.77. The van der Waals surface area contributed by atoms with E-state index in [1.54, 1.807) is 12.1 Å². The van der Waals surface area contributed by atoms with Gasteiger partial charge in [-0.2, -0.15) is 0 Å². The molecule has 144 valence electrons. The quantitative estimate of drug-likeness (QED) is 0.435. The first-order valence-corrected chi connectivity index (χ1v) is 10.3. The molecule has 28 heavy (non-hydrogen) atoms. The van der Waals surface area contributed by atoms with Crippen molar-refractivity contribution in [2.24, 2.45) is 0 Å². The highest BCUT2D eigenvalue weighted by Crippen LogP contribution is 2.45. The van der Waals surface area contributed by atoms with Gasteiger partial charge in [0, 0.05) is 5.41 Å². The third kappa shape index (κ3) is 3.96. The van der Waals surface area contributed by atoms with Crippen LogP contribution in [0, 0.1) is 5.82 Å². The molecule has 3 aromatic rings. The van der Waals surface area contributed by atoms with E-state index in [2.05, 4.69) is 24.3 Å². The van der Waals surface area contributed by atoms with Crippen LogP contribution in [0.3, 0.4) is 0 Å². The van der Waals surface area contributed by atoms with Crippen molar-refractivity contribution in [2.75, 3.05) is 0 Å². The number of ether oxygens (including phenoxy) is 1. The van der Waals surface area contributed by atoms with E-state index in [0.29, 0.717) is 6.61 Å². The van der Waals surface area contributed by atoms with Gasteiger partial charge in [-0.25, -0.2) is 4.39 Å². The van der Waals surface area contributed by atoms with Crippen molar-refractivity contribution < 1.29 is 9.13 Å². The fourth-order valence-electron chi connectivity index (χ4n) is 4.51. The smallest absolute Gasteiger partial charge is 0.127 e. The summed E-state index contributed by atoms with van der Waals surface area (Å²) in [6.45, 7) is 0.554. The van der Waals surface area contributed by atoms with Crippen LogP contribution in [-0.4, -0.2) is 0 Å². The van der Waals surface area contributed by atoms with Gasteiger partial charge in [0.15, 0.2) is 0 Å². The summed E-state index contributed by atoms with van der Waals surface area (Å²) >= 11 is 0. The molecule has 0 atom stereocenters. The molecule has 0 saturated heterocycles. The molecule has 0 unspecified atom stereocenters. The summed E-state index contributed by atoms with van der Waals surface area (Å²) in [6.07, 6.45) is 6.74. The number of benzene rings is 3. The van der Waals surface area contributed by atoms with E-state index in [9.17, 15) is 4.39 Å². The monoisotopic (exact) mass is 374 g/mol. The second-order valence-electron chi connectivity index (χ2n) is 7.77. The molecule has 1 fully saturated rings. The zero-order valence-electron chi connectivity index (χ0n) is 16.2. The SMILES string of the molecule is Fc1ccccc1C1(c2ccc(OCc3ccccc3)cc2)CCCCCC1. The molecule has 0 amide bonds. The van der Waals surface area contributed by atoms with Gasteiger partial charge >= 0.3 is 0 Å². The lowest BCUT2D eigenvalue weighted by molar-refractivity contribution is 0.306. The lowest BCUT2D eigenvalue weighted by Crippen LogP contribution is -2.28. The highest BCUT2D eigenvalue weighted by molar-refractivity contribution is 5.42. The van der Waals surface area contributed by atoms with E-state index in [1.165, 1.54) is 18.4 Å². The van der Waals surface area contributed by atoms with Gasteiger partial charge in [0.2, 0.25) is 0 Å². The van der Waals surface area contributed by atoms with Crippen molar-refractivity contribution in [1.82, 2.24) is 0 Å². The number of hydrogen-bond donors (Lipinski definition) is 0. The van der Waals surface area contributed by atoms with Gasteiger partial charge in [0.05, 0.1) is 0 Å². The Morgan fingerprint density at radius 2 is 1.36 bits per heavy atom. The standard InChI is InChI=1S/C26H27FO/c27-25-13-7-6-12-24(25)26(18-8-1-2-9-19-26)22-14-16-23(17-15-22)28-20-21-10-4-3-5-11-21/h3-7,10-17H,1-2,8-9,18-20H2. The summed E-state index contributed by atoms with van der Waals surface area (Å²) in [5.74, 6) is 0.763. The van der Waals surface area contributed by atoms with Crippen molar-refractivity contribution in [3.05, 3.63) is 101 Å². The average Bonchev–Trinajstić information content (AvgIpc) is 3.01. The summed E-state index contributed by atoms with van der Waals surface area (Å²) in [6, 6.07) is 25.8. The molecular weight excluding hydrogens is 347 g/mol. The average molecular weight is 374 g/mol. The first kappa shape index (κ1) is 18.7. The predicted octanol–water partition coefficient (Wildman–Crippen LogP) is 7.05. The van der Waals surface area contributed by atoms with Crippen molar-refractivity contribution in [3.8, 4) is 5.75 Å². The lowest BCUT2D eigenvalue weighted by Gasteiger charge is -2.34. The largest absolute Gasteiger partial charge is 0.489 e. The van der Waals surface area contributed by atoms with Crippen molar-refractivity contribution >= 4 is 0 Å². The Morgan fingerprint density at radius 3 is 2.04 bits per heavy atom. The van der Waals surface area contributed by atoms with Gasteiger partial charge in [-0.1, -0.05) is 86.3 Å². The highest BCUT2D eigenvalue weighted by Gasteiger charge is 2.36. The first-order chi connectivity index (χ1) is 13.8. The zero-order chi connectivity index (χ0) is 19.2. The fourth-order valence-corrected chi connectivity index (χ4v) is 4.51. The van der Waals surface area contributed by atoms with Crippen LogP contribution in [0.1, 0.15) is 55.2 Å². The normalized spacial score (nSPS) is 16.3. The molecule has 0 N–H and O–H groups in total. The van der Waals surface area contributed by atoms with Crippen molar-refractivity contribution in [2.45, 2.75) is 50.5 Å². The topological polar surface area (TPSA) is 9.23 Å². The molecule has 0 spiro atoms. The maximum Gasteiger partial charge on any atom is 0.127 e. The molecular formula is C26H27FO. The minimum Gasteiger partial charge on any atom is -0.489 e. The third-order valence-electron chi connectivity index (χ3n) is 6.00. The van der Waals surface area contributed by atoms with Crippen LogP contribution in [0.4, 0.5) is 4.39 Å². The molecule has 1 aliphatic rings. The van der Waals surface area contributed by atoms with E-state index in [4.69, 9.17) is 4.74 Å². The van der Waals surface area contributed by atoms with Crippen LogP contribution in [0.2, 0.25) is 0 Å². The van der Waals surface area contributed by atoms with Gasteiger partial charge in [-0.05, 0) is 47.7 Å². The molecule has 2 heteroatoms. The van der Waals surface area contributed by atoms with Gasteiger partial charge in [0.25, 0.3) is 0 Å². The summed E-state index contributed by atoms with van der Waals surface area (Å²) in [5.41, 5.74) is 2.96. The summed E-state index contributed by atoms with van der Waals surface area (Å²) in [7, 11) is 0. The van der Waals surface area contributed by atoms with Crippen LogP contribution in [-0.2, 0) is 12.0 Å². The first-order valence-electron chi connectivity index (χ1n) is 10.3. The highest BCUT2D eigenvalue weighted by atomic mass is 19.1. The fraction of sp³-hybridized carbons (Fsp3) is 0.308. The molecule has 1 saturated carbocycles. The molecule has 0 aromatic heterocycles. The summed E-state index contributed by atoms with van der Waals surface area (Å²) in [5, 5.41) is 0.